The zero-order valence-electron chi connectivity index (χ0n) is 9.32. The molecule has 1 aliphatic carbocycles. The highest BCUT2D eigenvalue weighted by molar-refractivity contribution is 14.1. The van der Waals surface area contributed by atoms with Crippen molar-refractivity contribution in [2.75, 3.05) is 24.5 Å². The second-order valence-electron chi connectivity index (χ2n) is 4.82. The molecule has 0 amide bonds. The Balaban J connectivity index is 1.71. The molecule has 1 aromatic rings. The molecule has 3 rings (SSSR count). The molecule has 16 heavy (non-hydrogen) atoms. The van der Waals surface area contributed by atoms with E-state index in [0.29, 0.717) is 0 Å². The van der Waals surface area contributed by atoms with Crippen molar-refractivity contribution in [1.82, 2.24) is 5.32 Å². The number of hydrogen-bond acceptors (Lipinski definition) is 2. The predicted molar refractivity (Wildman–Crippen MR) is 75.9 cm³/mol. The zero-order chi connectivity index (χ0) is 11.0. The molecule has 1 aromatic carbocycles. The molecule has 1 heterocycles. The van der Waals surface area contributed by atoms with E-state index >= 15 is 0 Å². The van der Waals surface area contributed by atoms with Gasteiger partial charge in [0.2, 0.25) is 0 Å². The van der Waals surface area contributed by atoms with E-state index in [1.165, 1.54) is 28.6 Å². The highest BCUT2D eigenvalue weighted by Gasteiger charge is 2.33. The SMILES string of the molecule is Ic1ccc(N2CCNC(C3CC3)C2)cc1. The van der Waals surface area contributed by atoms with Crippen LogP contribution in [0.15, 0.2) is 24.3 Å². The van der Waals surface area contributed by atoms with Gasteiger partial charge in [0.15, 0.2) is 0 Å². The maximum atomic E-state index is 3.65. The Morgan fingerprint density at radius 1 is 1.19 bits per heavy atom. The minimum absolute atomic E-state index is 0.730. The number of nitrogens with zero attached hydrogens (tertiary/aromatic N) is 1. The molecular weight excluding hydrogens is 311 g/mol. The molecule has 1 unspecified atom stereocenters. The second-order valence-corrected chi connectivity index (χ2v) is 6.07. The third-order valence-electron chi connectivity index (χ3n) is 3.59. The zero-order valence-corrected chi connectivity index (χ0v) is 11.5. The molecule has 1 saturated carbocycles. The largest absolute Gasteiger partial charge is 0.369 e. The Kier molecular flexibility index (Phi) is 3.07. The van der Waals surface area contributed by atoms with Crippen molar-refractivity contribution in [3.8, 4) is 0 Å². The topological polar surface area (TPSA) is 15.3 Å². The Bertz CT molecular complexity index is 359. The van der Waals surface area contributed by atoms with Gasteiger partial charge in [-0.15, -0.1) is 0 Å². The lowest BCUT2D eigenvalue weighted by Crippen LogP contribution is -2.51. The van der Waals surface area contributed by atoms with Crippen LogP contribution in [0.3, 0.4) is 0 Å². The summed E-state index contributed by atoms with van der Waals surface area (Å²) >= 11 is 2.36. The van der Waals surface area contributed by atoms with Crippen molar-refractivity contribution in [2.24, 2.45) is 5.92 Å². The van der Waals surface area contributed by atoms with Gasteiger partial charge in [0.05, 0.1) is 0 Å². The quantitative estimate of drug-likeness (QED) is 0.839. The van der Waals surface area contributed by atoms with Gasteiger partial charge in [-0.3, -0.25) is 0 Å². The lowest BCUT2D eigenvalue weighted by Gasteiger charge is -2.35. The first-order chi connectivity index (χ1) is 7.83. The maximum absolute atomic E-state index is 3.65. The summed E-state index contributed by atoms with van der Waals surface area (Å²) in [6.45, 7) is 3.46. The first kappa shape index (κ1) is 10.8. The minimum Gasteiger partial charge on any atom is -0.369 e. The molecule has 2 aliphatic rings. The Labute approximate surface area is 111 Å². The van der Waals surface area contributed by atoms with E-state index < -0.39 is 0 Å². The van der Waals surface area contributed by atoms with Crippen molar-refractivity contribution in [3.63, 3.8) is 0 Å². The average Bonchev–Trinajstić information content (AvgIpc) is 3.14. The van der Waals surface area contributed by atoms with Crippen LogP contribution in [0.4, 0.5) is 5.69 Å². The first-order valence-corrected chi connectivity index (χ1v) is 7.15. The van der Waals surface area contributed by atoms with Crippen LogP contribution in [-0.2, 0) is 0 Å². The van der Waals surface area contributed by atoms with E-state index in [4.69, 9.17) is 0 Å². The van der Waals surface area contributed by atoms with E-state index in [1.54, 1.807) is 0 Å². The van der Waals surface area contributed by atoms with E-state index in [9.17, 15) is 0 Å². The van der Waals surface area contributed by atoms with E-state index in [-0.39, 0.29) is 0 Å². The van der Waals surface area contributed by atoms with Gasteiger partial charge in [-0.1, -0.05) is 0 Å². The molecule has 86 valence electrons. The summed E-state index contributed by atoms with van der Waals surface area (Å²) in [5.74, 6) is 0.951. The molecule has 1 saturated heterocycles. The summed E-state index contributed by atoms with van der Waals surface area (Å²) in [6.07, 6.45) is 2.86. The summed E-state index contributed by atoms with van der Waals surface area (Å²) in [7, 11) is 0. The highest BCUT2D eigenvalue weighted by Crippen LogP contribution is 2.34. The van der Waals surface area contributed by atoms with Crippen LogP contribution in [0.2, 0.25) is 0 Å². The third-order valence-corrected chi connectivity index (χ3v) is 4.31. The third kappa shape index (κ3) is 2.35. The summed E-state index contributed by atoms with van der Waals surface area (Å²) in [5.41, 5.74) is 1.38. The van der Waals surface area contributed by atoms with Crippen LogP contribution in [0, 0.1) is 9.49 Å². The Morgan fingerprint density at radius 3 is 2.62 bits per heavy atom. The molecule has 0 radical (unpaired) electrons. The van der Waals surface area contributed by atoms with Crippen molar-refractivity contribution >= 4 is 28.3 Å². The van der Waals surface area contributed by atoms with Crippen LogP contribution in [0.25, 0.3) is 0 Å². The number of benzene rings is 1. The van der Waals surface area contributed by atoms with Crippen LogP contribution in [0.5, 0.6) is 0 Å². The number of halogens is 1. The standard InChI is InChI=1S/C13H17IN2/c14-11-3-5-12(6-4-11)16-8-7-15-13(9-16)10-1-2-10/h3-6,10,13,15H,1-2,7-9H2. The summed E-state index contributed by atoms with van der Waals surface area (Å²) < 4.78 is 1.32. The normalized spacial score (nSPS) is 25.8. The average molecular weight is 328 g/mol. The fourth-order valence-corrected chi connectivity index (χ4v) is 2.84. The van der Waals surface area contributed by atoms with E-state index in [0.717, 1.165) is 25.0 Å². The summed E-state index contributed by atoms with van der Waals surface area (Å²) in [5, 5.41) is 3.65. The monoisotopic (exact) mass is 328 g/mol. The minimum atomic E-state index is 0.730. The van der Waals surface area contributed by atoms with E-state index in [2.05, 4.69) is 57.1 Å². The number of nitrogens with one attached hydrogen (secondary N) is 1. The molecule has 1 N–H and O–H groups in total. The van der Waals surface area contributed by atoms with Gasteiger partial charge in [0.25, 0.3) is 0 Å². The van der Waals surface area contributed by atoms with Gasteiger partial charge in [0, 0.05) is 34.9 Å². The van der Waals surface area contributed by atoms with Gasteiger partial charge in [-0.05, 0) is 65.6 Å². The number of anilines is 1. The summed E-state index contributed by atoms with van der Waals surface area (Å²) in [6, 6.07) is 9.62. The molecule has 2 nitrogen and oxygen atoms in total. The molecule has 1 aliphatic heterocycles. The van der Waals surface area contributed by atoms with Crippen molar-refractivity contribution in [1.29, 1.82) is 0 Å². The van der Waals surface area contributed by atoms with Crippen LogP contribution in [-0.4, -0.2) is 25.7 Å². The van der Waals surface area contributed by atoms with Crippen molar-refractivity contribution in [3.05, 3.63) is 27.8 Å². The predicted octanol–water partition coefficient (Wildman–Crippen LogP) is 2.48. The Hall–Kier alpha value is -0.290. The molecule has 0 spiro atoms. The Morgan fingerprint density at radius 2 is 1.94 bits per heavy atom. The fraction of sp³-hybridized carbons (Fsp3) is 0.538. The smallest absolute Gasteiger partial charge is 0.0367 e. The molecule has 1 atom stereocenters. The first-order valence-electron chi connectivity index (χ1n) is 6.07. The van der Waals surface area contributed by atoms with Crippen LogP contribution < -0.4 is 10.2 Å². The molecular formula is C13H17IN2. The molecule has 3 heteroatoms. The van der Waals surface area contributed by atoms with Gasteiger partial charge >= 0.3 is 0 Å². The number of piperazine rings is 1. The molecule has 0 aromatic heterocycles. The number of rotatable bonds is 2. The molecule has 0 bridgehead atoms. The lowest BCUT2D eigenvalue weighted by molar-refractivity contribution is 0.419. The fourth-order valence-electron chi connectivity index (χ4n) is 2.48. The van der Waals surface area contributed by atoms with Crippen molar-refractivity contribution < 1.29 is 0 Å². The molecule has 2 fully saturated rings. The van der Waals surface area contributed by atoms with Gasteiger partial charge in [-0.2, -0.15) is 0 Å². The highest BCUT2D eigenvalue weighted by atomic mass is 127. The summed E-state index contributed by atoms with van der Waals surface area (Å²) in [4.78, 5) is 2.52. The van der Waals surface area contributed by atoms with Crippen LogP contribution >= 0.6 is 22.6 Å². The van der Waals surface area contributed by atoms with Crippen LogP contribution in [0.1, 0.15) is 12.8 Å². The number of hydrogen-bond donors (Lipinski definition) is 1. The van der Waals surface area contributed by atoms with Crippen molar-refractivity contribution in [2.45, 2.75) is 18.9 Å². The van der Waals surface area contributed by atoms with E-state index in [1.807, 2.05) is 0 Å². The maximum Gasteiger partial charge on any atom is 0.0367 e. The second kappa shape index (κ2) is 4.53. The van der Waals surface area contributed by atoms with Gasteiger partial charge in [-0.25, -0.2) is 0 Å². The lowest BCUT2D eigenvalue weighted by atomic mass is 10.1. The van der Waals surface area contributed by atoms with Gasteiger partial charge in [0.1, 0.15) is 0 Å². The van der Waals surface area contributed by atoms with Gasteiger partial charge < -0.3 is 10.2 Å².